The van der Waals surface area contributed by atoms with E-state index in [2.05, 4.69) is 9.80 Å². The van der Waals surface area contributed by atoms with E-state index in [1.54, 1.807) is 51.8 Å². The summed E-state index contributed by atoms with van der Waals surface area (Å²) in [6.07, 6.45) is 0.203. The van der Waals surface area contributed by atoms with Crippen LogP contribution in [0.2, 0.25) is 10.0 Å². The highest BCUT2D eigenvalue weighted by atomic mass is 35.5. The molecule has 386 valence electrons. The number of carbonyl (C=O) groups is 2. The number of amides is 1. The molecule has 0 N–H and O–H groups in total. The van der Waals surface area contributed by atoms with Crippen molar-refractivity contribution in [2.75, 3.05) is 118 Å². The van der Waals surface area contributed by atoms with E-state index in [4.69, 9.17) is 74.8 Å². The first-order valence-corrected chi connectivity index (χ1v) is 24.2. The Bertz CT molecular complexity index is 2560. The zero-order valence-electron chi connectivity index (χ0n) is 41.9. The van der Waals surface area contributed by atoms with Crippen molar-refractivity contribution >= 4 is 46.3 Å². The van der Waals surface area contributed by atoms with Crippen LogP contribution in [0.5, 0.6) is 23.0 Å². The molecule has 2 aromatic heterocycles. The van der Waals surface area contributed by atoms with Gasteiger partial charge in [-0.1, -0.05) is 47.5 Å². The van der Waals surface area contributed by atoms with Crippen molar-refractivity contribution in [3.05, 3.63) is 130 Å². The van der Waals surface area contributed by atoms with E-state index < -0.39 is 12.2 Å². The van der Waals surface area contributed by atoms with Crippen LogP contribution in [0.1, 0.15) is 47.7 Å². The Kier molecular flexibility index (Phi) is 21.1. The quantitative estimate of drug-likeness (QED) is 0.0592. The number of anilines is 2. The third-order valence-corrected chi connectivity index (χ3v) is 12.4. The molecule has 0 bridgehead atoms. The maximum absolute atomic E-state index is 13.4. The van der Waals surface area contributed by atoms with Gasteiger partial charge in [-0.15, -0.1) is 0 Å². The fourth-order valence-electron chi connectivity index (χ4n) is 7.81. The molecule has 2 unspecified atom stereocenters. The Balaban J connectivity index is 0.000000191. The third-order valence-electron chi connectivity index (χ3n) is 11.7. The molecule has 0 spiro atoms. The van der Waals surface area contributed by atoms with E-state index in [1.807, 2.05) is 86.6 Å². The highest BCUT2D eigenvalue weighted by Crippen LogP contribution is 2.41. The van der Waals surface area contributed by atoms with Crippen molar-refractivity contribution in [2.24, 2.45) is 0 Å². The SMILES string of the molecule is CCOC(C(=O)N(C)OC)c1ccc(N2CCOCC2)cc1.CCOC(C(=O)c1ccc(-c2cc(OC)c(Cl)c(OC)c2)o1)c1ccc(N2CCOCC2)cc1.COc1cc(-c2ccco2)cc(OC)c1Cl. The molecule has 8 rings (SSSR count). The van der Waals surface area contributed by atoms with Gasteiger partial charge in [-0.3, -0.25) is 14.4 Å². The van der Waals surface area contributed by atoms with Crippen molar-refractivity contribution in [3.63, 3.8) is 0 Å². The van der Waals surface area contributed by atoms with Crippen LogP contribution in [0, 0.1) is 0 Å². The summed E-state index contributed by atoms with van der Waals surface area (Å²) in [6, 6.07) is 30.0. The first-order valence-electron chi connectivity index (χ1n) is 23.4. The molecule has 2 saturated heterocycles. The molecule has 4 aromatic carbocycles. The van der Waals surface area contributed by atoms with Crippen LogP contribution in [0.4, 0.5) is 11.4 Å². The van der Waals surface area contributed by atoms with E-state index in [0.29, 0.717) is 70.8 Å². The number of furan rings is 2. The third kappa shape index (κ3) is 14.0. The Morgan fingerprint density at radius 1 is 0.597 bits per heavy atom. The van der Waals surface area contributed by atoms with Crippen LogP contribution in [0.15, 0.2) is 112 Å². The summed E-state index contributed by atoms with van der Waals surface area (Å²) >= 11 is 12.3. The minimum absolute atomic E-state index is 0.207. The lowest BCUT2D eigenvalue weighted by molar-refractivity contribution is -0.181. The standard InChI is InChI=1S/C26H28ClNO6.C16H24N2O4.C12H11ClO3/c1-4-33-26(17-5-7-19(8-6-17)28-11-13-32-14-12-28)25(29)21-10-9-20(34-21)18-15-22(30-2)24(27)23(16-18)31-3;1-4-22-15(16(19)17(2)20-3)13-5-7-14(8-6-13)18-9-11-21-12-10-18;1-14-10-6-8(9-4-3-5-16-9)7-11(15-2)12(10)13/h5-10,15-16,26H,4,11-14H2,1-3H3;5-8,15H,4,9-12H2,1-3H3;3-7H,1-2H3. The largest absolute Gasteiger partial charge is 0.495 e. The number of nitrogens with zero attached hydrogens (tertiary/aromatic N) is 3. The second-order valence-electron chi connectivity index (χ2n) is 16.0. The van der Waals surface area contributed by atoms with Crippen molar-refractivity contribution in [1.82, 2.24) is 5.06 Å². The molecule has 72 heavy (non-hydrogen) atoms. The number of rotatable bonds is 18. The lowest BCUT2D eigenvalue weighted by Gasteiger charge is -2.29. The Morgan fingerprint density at radius 3 is 1.43 bits per heavy atom. The lowest BCUT2D eigenvalue weighted by atomic mass is 10.0. The summed E-state index contributed by atoms with van der Waals surface area (Å²) in [5.74, 6) is 3.01. The van der Waals surface area contributed by atoms with E-state index in [9.17, 15) is 9.59 Å². The molecule has 4 heterocycles. The normalized spacial score (nSPS) is 14.2. The summed E-state index contributed by atoms with van der Waals surface area (Å²) < 4.78 is 54.5. The molecule has 6 aromatic rings. The van der Waals surface area contributed by atoms with E-state index in [-0.39, 0.29) is 17.5 Å². The summed E-state index contributed by atoms with van der Waals surface area (Å²) in [7, 11) is 9.22. The van der Waals surface area contributed by atoms with Gasteiger partial charge in [0.25, 0.3) is 5.91 Å². The van der Waals surface area contributed by atoms with Gasteiger partial charge >= 0.3 is 0 Å². The number of hydrogen-bond donors (Lipinski definition) is 0. The number of halogens is 2. The maximum Gasteiger partial charge on any atom is 0.279 e. The van der Waals surface area contributed by atoms with Crippen LogP contribution in [-0.4, -0.2) is 125 Å². The fourth-order valence-corrected chi connectivity index (χ4v) is 8.33. The van der Waals surface area contributed by atoms with Gasteiger partial charge in [0, 0.05) is 68.9 Å². The molecule has 1 amide bonds. The van der Waals surface area contributed by atoms with Gasteiger partial charge in [-0.25, -0.2) is 5.06 Å². The number of likely N-dealkylation sites (N-methyl/N-ethyl adjacent to an activating group) is 1. The highest BCUT2D eigenvalue weighted by Gasteiger charge is 2.28. The molecule has 0 radical (unpaired) electrons. The smallest absolute Gasteiger partial charge is 0.279 e. The monoisotopic (exact) mass is 1030 g/mol. The van der Waals surface area contributed by atoms with Crippen LogP contribution < -0.4 is 28.7 Å². The molecule has 2 fully saturated rings. The van der Waals surface area contributed by atoms with Gasteiger partial charge in [-0.05, 0) is 97.8 Å². The number of hydrogen-bond acceptors (Lipinski definition) is 15. The summed E-state index contributed by atoms with van der Waals surface area (Å²) in [5, 5.41) is 2.02. The average molecular weight is 1030 g/mol. The van der Waals surface area contributed by atoms with Gasteiger partial charge in [0.15, 0.2) is 11.9 Å². The summed E-state index contributed by atoms with van der Waals surface area (Å²) in [4.78, 5) is 35.1. The van der Waals surface area contributed by atoms with Crippen molar-refractivity contribution in [2.45, 2.75) is 26.1 Å². The number of methoxy groups -OCH3 is 4. The number of benzene rings is 4. The van der Waals surface area contributed by atoms with Gasteiger partial charge < -0.3 is 56.5 Å². The topological polar surface area (TPSA) is 153 Å². The maximum atomic E-state index is 13.4. The molecule has 2 aliphatic rings. The number of morpholine rings is 2. The van der Waals surface area contributed by atoms with Gasteiger partial charge in [-0.2, -0.15) is 0 Å². The second-order valence-corrected chi connectivity index (χ2v) is 16.7. The van der Waals surface area contributed by atoms with Crippen molar-refractivity contribution < 1.29 is 61.2 Å². The molecule has 2 atom stereocenters. The molecule has 0 aliphatic carbocycles. The van der Waals surface area contributed by atoms with Crippen molar-refractivity contribution in [1.29, 1.82) is 0 Å². The Labute approximate surface area is 431 Å². The number of ketones is 1. The molecule has 16 nitrogen and oxygen atoms in total. The predicted octanol–water partition coefficient (Wildman–Crippen LogP) is 10.7. The Morgan fingerprint density at radius 2 is 1.03 bits per heavy atom. The Hall–Kier alpha value is -6.24. The second kappa shape index (κ2) is 27.5. The first-order chi connectivity index (χ1) is 35.0. The van der Waals surface area contributed by atoms with Gasteiger partial charge in [0.2, 0.25) is 5.78 Å². The number of Topliss-reactive ketones (excluding diaryl/α,β-unsaturated/α-hetero) is 1. The first kappa shape index (κ1) is 55.1. The molecule has 18 heteroatoms. The van der Waals surface area contributed by atoms with Crippen LogP contribution in [-0.2, 0) is 28.6 Å². The van der Waals surface area contributed by atoms with Crippen LogP contribution in [0.3, 0.4) is 0 Å². The summed E-state index contributed by atoms with van der Waals surface area (Å²) in [6.45, 7) is 11.0. The minimum atomic E-state index is -0.767. The van der Waals surface area contributed by atoms with E-state index >= 15 is 0 Å². The minimum Gasteiger partial charge on any atom is -0.495 e. The molecule has 0 saturated carbocycles. The highest BCUT2D eigenvalue weighted by molar-refractivity contribution is 6.34. The molecular weight excluding hydrogens is 970 g/mol. The number of ether oxygens (including phenoxy) is 8. The predicted molar refractivity (Wildman–Crippen MR) is 276 cm³/mol. The number of hydroxylamine groups is 2. The fraction of sp³-hybridized carbons (Fsp3) is 0.370. The zero-order valence-corrected chi connectivity index (χ0v) is 43.5. The molecule has 2 aliphatic heterocycles. The molecular formula is C54H63Cl2N3O13. The average Bonchev–Trinajstić information content (AvgIpc) is 4.17. The van der Waals surface area contributed by atoms with Gasteiger partial charge in [0.1, 0.15) is 50.7 Å². The zero-order chi connectivity index (χ0) is 51.6. The van der Waals surface area contributed by atoms with E-state index in [1.165, 1.54) is 26.4 Å². The van der Waals surface area contributed by atoms with E-state index in [0.717, 1.165) is 73.2 Å². The van der Waals surface area contributed by atoms with Crippen LogP contribution >= 0.6 is 23.2 Å². The van der Waals surface area contributed by atoms with Gasteiger partial charge in [0.05, 0.1) is 68.2 Å². The van der Waals surface area contributed by atoms with Crippen LogP contribution in [0.25, 0.3) is 22.6 Å². The lowest BCUT2D eigenvalue weighted by Crippen LogP contribution is -2.36. The summed E-state index contributed by atoms with van der Waals surface area (Å²) in [5.41, 5.74) is 5.38. The van der Waals surface area contributed by atoms with Crippen molar-refractivity contribution in [3.8, 4) is 45.6 Å². The number of carbonyl (C=O) groups excluding carboxylic acids is 2.